The van der Waals surface area contributed by atoms with E-state index in [1.807, 2.05) is 60.9 Å². The molecule has 0 aliphatic carbocycles. The van der Waals surface area contributed by atoms with Crippen LogP contribution in [-0.2, 0) is 11.3 Å². The van der Waals surface area contributed by atoms with Crippen molar-refractivity contribution in [2.24, 2.45) is 0 Å². The fourth-order valence-electron chi connectivity index (χ4n) is 5.35. The maximum Gasteiger partial charge on any atom is 0.410 e. The summed E-state index contributed by atoms with van der Waals surface area (Å²) in [5.41, 5.74) is 3.46. The summed E-state index contributed by atoms with van der Waals surface area (Å²) in [5, 5.41) is 0. The Morgan fingerprint density at radius 1 is 0.953 bits per heavy atom. The molecule has 0 spiro atoms. The lowest BCUT2D eigenvalue weighted by molar-refractivity contribution is 0.0270. The van der Waals surface area contributed by atoms with Crippen LogP contribution in [0, 0.1) is 0 Å². The van der Waals surface area contributed by atoms with Crippen molar-refractivity contribution in [1.82, 2.24) is 9.80 Å². The number of anilines is 1. The minimum absolute atomic E-state index is 0.0393. The van der Waals surface area contributed by atoms with Crippen molar-refractivity contribution in [3.05, 3.63) is 53.6 Å². The average Bonchev–Trinajstić information content (AvgIpc) is 2.99. The number of nitrogens with zero attached hydrogens (tertiary/aromatic N) is 3. The molecule has 9 heteroatoms. The second-order valence-corrected chi connectivity index (χ2v) is 12.1. The van der Waals surface area contributed by atoms with Crippen LogP contribution in [0.4, 0.5) is 15.3 Å². The second-order valence-electron chi connectivity index (χ2n) is 12.1. The molecule has 0 bridgehead atoms. The van der Waals surface area contributed by atoms with E-state index in [9.17, 15) is 9.59 Å². The predicted molar refractivity (Wildman–Crippen MR) is 169 cm³/mol. The normalized spacial score (nSPS) is 15.7. The summed E-state index contributed by atoms with van der Waals surface area (Å²) in [6.45, 7) is 11.2. The van der Waals surface area contributed by atoms with E-state index in [-0.39, 0.29) is 12.1 Å². The van der Waals surface area contributed by atoms with Crippen molar-refractivity contribution in [3.8, 4) is 17.2 Å². The lowest BCUT2D eigenvalue weighted by Crippen LogP contribution is -2.49. The topological polar surface area (TPSA) is 80.8 Å². The fourth-order valence-corrected chi connectivity index (χ4v) is 5.35. The van der Waals surface area contributed by atoms with E-state index in [1.165, 1.54) is 0 Å². The van der Waals surface area contributed by atoms with E-state index in [2.05, 4.69) is 19.1 Å². The van der Waals surface area contributed by atoms with Gasteiger partial charge in [-0.3, -0.25) is 4.90 Å². The van der Waals surface area contributed by atoms with E-state index >= 15 is 0 Å². The standard InChI is InChI=1S/C34H47N3O6/c1-7-8-9-19-42-31-23-28(11-12-30(31)41-6)37-16-10-15-36(32(37)38)24-25-20-27(22-29(21-25)40-5)26-13-17-35(18-14-26)33(39)43-34(2,3)4/h11-13,20-23H,7-10,14-19,24H2,1-6H3. The van der Waals surface area contributed by atoms with Gasteiger partial charge in [-0.2, -0.15) is 0 Å². The van der Waals surface area contributed by atoms with Crippen molar-refractivity contribution in [3.63, 3.8) is 0 Å². The molecule has 43 heavy (non-hydrogen) atoms. The Bertz CT molecular complexity index is 1300. The minimum atomic E-state index is -0.526. The molecule has 2 aromatic carbocycles. The zero-order valence-electron chi connectivity index (χ0n) is 26.6. The van der Waals surface area contributed by atoms with Gasteiger partial charge >= 0.3 is 12.1 Å². The highest BCUT2D eigenvalue weighted by molar-refractivity contribution is 5.93. The Morgan fingerprint density at radius 2 is 1.77 bits per heavy atom. The first kappa shape index (κ1) is 32.0. The molecule has 1 saturated heterocycles. The maximum absolute atomic E-state index is 13.7. The molecule has 0 saturated carbocycles. The predicted octanol–water partition coefficient (Wildman–Crippen LogP) is 7.13. The number of carbonyl (C=O) groups is 2. The summed E-state index contributed by atoms with van der Waals surface area (Å²) in [7, 11) is 3.28. The molecular weight excluding hydrogens is 546 g/mol. The molecule has 0 N–H and O–H groups in total. The van der Waals surface area contributed by atoms with Crippen LogP contribution in [0.5, 0.6) is 17.2 Å². The molecule has 2 heterocycles. The highest BCUT2D eigenvalue weighted by Crippen LogP contribution is 2.34. The van der Waals surface area contributed by atoms with Gasteiger partial charge in [-0.15, -0.1) is 0 Å². The Kier molecular flexibility index (Phi) is 10.8. The van der Waals surface area contributed by atoms with Gasteiger partial charge in [0.1, 0.15) is 11.4 Å². The van der Waals surface area contributed by atoms with Gasteiger partial charge in [0, 0.05) is 44.5 Å². The molecule has 2 aromatic rings. The number of ether oxygens (including phenoxy) is 4. The van der Waals surface area contributed by atoms with Crippen LogP contribution in [0.15, 0.2) is 42.5 Å². The Labute approximate surface area is 256 Å². The number of hydrogen-bond donors (Lipinski definition) is 0. The summed E-state index contributed by atoms with van der Waals surface area (Å²) < 4.78 is 22.7. The second kappa shape index (κ2) is 14.5. The van der Waals surface area contributed by atoms with Gasteiger partial charge in [0.05, 0.1) is 20.8 Å². The zero-order chi connectivity index (χ0) is 31.0. The number of hydrogen-bond acceptors (Lipinski definition) is 6. The number of unbranched alkanes of at least 4 members (excludes halogenated alkanes) is 2. The first-order chi connectivity index (χ1) is 20.6. The van der Waals surface area contributed by atoms with Gasteiger partial charge in [-0.25, -0.2) is 9.59 Å². The Hall–Kier alpha value is -3.88. The van der Waals surface area contributed by atoms with Crippen molar-refractivity contribution in [2.75, 3.05) is 51.9 Å². The number of amides is 3. The van der Waals surface area contributed by atoms with Gasteiger partial charge in [-0.1, -0.05) is 25.8 Å². The van der Waals surface area contributed by atoms with Crippen molar-refractivity contribution >= 4 is 23.4 Å². The largest absolute Gasteiger partial charge is 0.497 e. The van der Waals surface area contributed by atoms with Crippen molar-refractivity contribution in [1.29, 1.82) is 0 Å². The molecule has 0 aromatic heterocycles. The smallest absolute Gasteiger partial charge is 0.410 e. The van der Waals surface area contributed by atoms with Gasteiger partial charge < -0.3 is 28.7 Å². The monoisotopic (exact) mass is 593 g/mol. The number of benzene rings is 2. The maximum atomic E-state index is 13.7. The third kappa shape index (κ3) is 8.58. The molecule has 2 aliphatic heterocycles. The van der Waals surface area contributed by atoms with Crippen molar-refractivity contribution < 1.29 is 28.5 Å². The molecule has 9 nitrogen and oxygen atoms in total. The summed E-state index contributed by atoms with van der Waals surface area (Å²) in [4.78, 5) is 31.7. The number of urea groups is 1. The molecule has 0 unspecified atom stereocenters. The summed E-state index contributed by atoms with van der Waals surface area (Å²) in [5.74, 6) is 2.06. The van der Waals surface area contributed by atoms with E-state index < -0.39 is 5.60 Å². The number of rotatable bonds is 11. The number of methoxy groups -OCH3 is 2. The van der Waals surface area contributed by atoms with Crippen LogP contribution >= 0.6 is 0 Å². The summed E-state index contributed by atoms with van der Waals surface area (Å²) in [6, 6.07) is 11.8. The first-order valence-corrected chi connectivity index (χ1v) is 15.3. The quantitative estimate of drug-likeness (QED) is 0.258. The van der Waals surface area contributed by atoms with Crippen LogP contribution in [0.1, 0.15) is 70.9 Å². The van der Waals surface area contributed by atoms with Crippen molar-refractivity contribution in [2.45, 2.75) is 71.9 Å². The SMILES string of the molecule is CCCCCOc1cc(N2CCCN(Cc3cc(OC)cc(C4=CCN(C(=O)OC(C)(C)C)CC4)c3)C2=O)ccc1OC. The molecule has 234 valence electrons. The zero-order valence-corrected chi connectivity index (χ0v) is 26.6. The minimum Gasteiger partial charge on any atom is -0.497 e. The van der Waals surface area contributed by atoms with Gasteiger partial charge in [0.15, 0.2) is 11.5 Å². The van der Waals surface area contributed by atoms with Crippen LogP contribution in [-0.4, -0.2) is 74.5 Å². The van der Waals surface area contributed by atoms with Crippen LogP contribution in [0.25, 0.3) is 5.57 Å². The summed E-state index contributed by atoms with van der Waals surface area (Å²) in [6.07, 6.45) is 6.55. The molecule has 1 fully saturated rings. The third-order valence-electron chi connectivity index (χ3n) is 7.58. The fraction of sp³-hybridized carbons (Fsp3) is 0.529. The molecule has 0 atom stereocenters. The van der Waals surface area contributed by atoms with Crippen LogP contribution in [0.2, 0.25) is 0 Å². The Morgan fingerprint density at radius 3 is 2.44 bits per heavy atom. The Balaban J connectivity index is 1.47. The van der Waals surface area contributed by atoms with E-state index in [0.29, 0.717) is 57.3 Å². The molecule has 0 radical (unpaired) electrons. The molecule has 4 rings (SSSR count). The third-order valence-corrected chi connectivity index (χ3v) is 7.58. The van der Waals surface area contributed by atoms with E-state index in [4.69, 9.17) is 18.9 Å². The van der Waals surface area contributed by atoms with Gasteiger partial charge in [0.2, 0.25) is 0 Å². The first-order valence-electron chi connectivity index (χ1n) is 15.3. The van der Waals surface area contributed by atoms with E-state index in [0.717, 1.165) is 53.8 Å². The molecule has 3 amide bonds. The number of carbonyl (C=O) groups excluding carboxylic acids is 2. The van der Waals surface area contributed by atoms with E-state index in [1.54, 1.807) is 19.1 Å². The highest BCUT2D eigenvalue weighted by Gasteiger charge is 2.28. The van der Waals surface area contributed by atoms with Crippen LogP contribution < -0.4 is 19.1 Å². The highest BCUT2D eigenvalue weighted by atomic mass is 16.6. The lowest BCUT2D eigenvalue weighted by Gasteiger charge is -2.36. The molecular formula is C34H47N3O6. The molecule has 2 aliphatic rings. The van der Waals surface area contributed by atoms with Gasteiger partial charge in [0.25, 0.3) is 0 Å². The summed E-state index contributed by atoms with van der Waals surface area (Å²) >= 11 is 0. The van der Waals surface area contributed by atoms with Gasteiger partial charge in [-0.05, 0) is 87.1 Å². The van der Waals surface area contributed by atoms with Crippen LogP contribution in [0.3, 0.4) is 0 Å². The lowest BCUT2D eigenvalue weighted by atomic mass is 9.97. The average molecular weight is 594 g/mol.